The topological polar surface area (TPSA) is 67.4 Å². The van der Waals surface area contributed by atoms with E-state index in [2.05, 4.69) is 15.3 Å². The molecule has 3 aromatic rings. The molecule has 2 heterocycles. The van der Waals surface area contributed by atoms with E-state index in [1.54, 1.807) is 11.0 Å². The number of fused-ring (bicyclic) bond motifs is 3. The second-order valence-corrected chi connectivity index (χ2v) is 6.44. The zero-order valence-corrected chi connectivity index (χ0v) is 15.3. The molecule has 0 fully saturated rings. The summed E-state index contributed by atoms with van der Waals surface area (Å²) in [6.45, 7) is 2.71. The van der Waals surface area contributed by atoms with E-state index in [0.717, 1.165) is 0 Å². The van der Waals surface area contributed by atoms with Gasteiger partial charge in [-0.3, -0.25) is 4.79 Å². The summed E-state index contributed by atoms with van der Waals surface area (Å²) in [7, 11) is 0. The molecule has 1 N–H and O–H groups in total. The third-order valence-electron chi connectivity index (χ3n) is 4.37. The number of aromatic nitrogens is 2. The molecule has 1 aromatic heterocycles. The molecule has 0 spiro atoms. The van der Waals surface area contributed by atoms with Crippen molar-refractivity contribution in [3.63, 3.8) is 0 Å². The van der Waals surface area contributed by atoms with Gasteiger partial charge >= 0.3 is 0 Å². The Bertz CT molecular complexity index is 1040. The van der Waals surface area contributed by atoms with E-state index in [4.69, 9.17) is 16.3 Å². The summed E-state index contributed by atoms with van der Waals surface area (Å²) in [6.07, 6.45) is 1.84. The monoisotopic (exact) mass is 386 g/mol. The first-order valence-corrected chi connectivity index (χ1v) is 8.89. The van der Waals surface area contributed by atoms with Gasteiger partial charge in [-0.05, 0) is 30.3 Å². The van der Waals surface area contributed by atoms with Crippen LogP contribution in [0.5, 0.6) is 5.75 Å². The van der Waals surface area contributed by atoms with Gasteiger partial charge in [0.15, 0.2) is 5.75 Å². The highest BCUT2D eigenvalue weighted by atomic mass is 35.5. The molecular weight excluding hydrogens is 371 g/mol. The van der Waals surface area contributed by atoms with Crippen molar-refractivity contribution in [2.45, 2.75) is 13.3 Å². The van der Waals surface area contributed by atoms with E-state index in [0.29, 0.717) is 53.4 Å². The van der Waals surface area contributed by atoms with E-state index in [1.165, 1.54) is 18.5 Å². The van der Waals surface area contributed by atoms with Gasteiger partial charge in [-0.25, -0.2) is 14.4 Å². The van der Waals surface area contributed by atoms with Crippen LogP contribution in [0.1, 0.15) is 13.3 Å². The molecule has 0 unspecified atom stereocenters. The Morgan fingerprint density at radius 2 is 2.19 bits per heavy atom. The number of nitrogens with one attached hydrogen (secondary N) is 1. The predicted octanol–water partition coefficient (Wildman–Crippen LogP) is 4.30. The van der Waals surface area contributed by atoms with E-state index in [9.17, 15) is 9.18 Å². The summed E-state index contributed by atoms with van der Waals surface area (Å²) in [4.78, 5) is 22.6. The van der Waals surface area contributed by atoms with Crippen molar-refractivity contribution in [2.75, 3.05) is 23.4 Å². The second kappa shape index (κ2) is 7.00. The molecule has 27 heavy (non-hydrogen) atoms. The minimum atomic E-state index is -0.496. The first-order valence-electron chi connectivity index (χ1n) is 8.51. The van der Waals surface area contributed by atoms with Crippen LogP contribution in [0.2, 0.25) is 5.02 Å². The van der Waals surface area contributed by atoms with Crippen LogP contribution in [-0.2, 0) is 4.79 Å². The van der Waals surface area contributed by atoms with Crippen molar-refractivity contribution in [1.29, 1.82) is 0 Å². The van der Waals surface area contributed by atoms with Gasteiger partial charge in [0, 0.05) is 12.1 Å². The molecule has 0 saturated carbocycles. The maximum absolute atomic E-state index is 13.4. The number of amides is 1. The Hall–Kier alpha value is -2.93. The Balaban J connectivity index is 1.84. The average Bonchev–Trinajstić information content (AvgIpc) is 2.69. The molecule has 1 amide bonds. The number of anilines is 3. The lowest BCUT2D eigenvalue weighted by Crippen LogP contribution is -2.37. The summed E-state index contributed by atoms with van der Waals surface area (Å²) in [5, 5.41) is 3.80. The molecule has 0 atom stereocenters. The fourth-order valence-corrected chi connectivity index (χ4v) is 3.26. The second-order valence-electron chi connectivity index (χ2n) is 6.03. The van der Waals surface area contributed by atoms with Crippen LogP contribution in [0.3, 0.4) is 0 Å². The van der Waals surface area contributed by atoms with Crippen molar-refractivity contribution in [2.24, 2.45) is 0 Å². The zero-order valence-electron chi connectivity index (χ0n) is 14.5. The number of ether oxygens (including phenoxy) is 1. The largest absolute Gasteiger partial charge is 0.489 e. The van der Waals surface area contributed by atoms with Crippen molar-refractivity contribution < 1.29 is 13.9 Å². The highest BCUT2D eigenvalue weighted by molar-refractivity contribution is 6.31. The SMILES string of the molecule is CCC(=O)N1CCOc2c1ccc1ncnc(Nc3ccc(F)c(Cl)c3)c21. The molecule has 0 aliphatic carbocycles. The normalized spacial score (nSPS) is 13.2. The number of carbonyl (C=O) groups excluding carboxylic acids is 1. The van der Waals surface area contributed by atoms with Gasteiger partial charge < -0.3 is 15.0 Å². The van der Waals surface area contributed by atoms with Gasteiger partial charge in [0.2, 0.25) is 5.91 Å². The summed E-state index contributed by atoms with van der Waals surface area (Å²) < 4.78 is 19.3. The van der Waals surface area contributed by atoms with Crippen LogP contribution in [0, 0.1) is 5.82 Å². The number of hydrogen-bond acceptors (Lipinski definition) is 5. The van der Waals surface area contributed by atoms with Crippen molar-refractivity contribution in [1.82, 2.24) is 9.97 Å². The van der Waals surface area contributed by atoms with Crippen LogP contribution in [0.15, 0.2) is 36.7 Å². The van der Waals surface area contributed by atoms with Gasteiger partial charge in [-0.2, -0.15) is 0 Å². The lowest BCUT2D eigenvalue weighted by Gasteiger charge is -2.30. The van der Waals surface area contributed by atoms with Crippen molar-refractivity contribution in [3.05, 3.63) is 47.5 Å². The first kappa shape index (κ1) is 17.5. The van der Waals surface area contributed by atoms with Crippen LogP contribution in [0.25, 0.3) is 10.9 Å². The molecule has 2 aromatic carbocycles. The Labute approximate surface area is 159 Å². The Kier molecular flexibility index (Phi) is 4.53. The van der Waals surface area contributed by atoms with Crippen LogP contribution in [-0.4, -0.2) is 29.0 Å². The van der Waals surface area contributed by atoms with Gasteiger partial charge in [0.25, 0.3) is 0 Å². The smallest absolute Gasteiger partial charge is 0.226 e. The highest BCUT2D eigenvalue weighted by Crippen LogP contribution is 2.41. The fraction of sp³-hybridized carbons (Fsp3) is 0.211. The lowest BCUT2D eigenvalue weighted by atomic mass is 10.1. The fourth-order valence-electron chi connectivity index (χ4n) is 3.08. The van der Waals surface area contributed by atoms with Crippen molar-refractivity contribution in [3.8, 4) is 5.75 Å². The number of halogens is 2. The molecule has 6 nitrogen and oxygen atoms in total. The molecule has 0 saturated heterocycles. The molecule has 138 valence electrons. The van der Waals surface area contributed by atoms with Crippen LogP contribution >= 0.6 is 11.6 Å². The zero-order chi connectivity index (χ0) is 19.0. The van der Waals surface area contributed by atoms with E-state index in [1.807, 2.05) is 19.1 Å². The average molecular weight is 387 g/mol. The maximum atomic E-state index is 13.4. The van der Waals surface area contributed by atoms with Gasteiger partial charge in [-0.1, -0.05) is 18.5 Å². The lowest BCUT2D eigenvalue weighted by molar-refractivity contribution is -0.118. The standard InChI is InChI=1S/C19H16ClFN4O2/c1-2-16(26)25-7-8-27-18-15(25)6-5-14-17(18)19(23-10-22-14)24-11-3-4-13(21)12(20)9-11/h3-6,9-10H,2,7-8H2,1H3,(H,22,23,24). The van der Waals surface area contributed by atoms with E-state index < -0.39 is 5.82 Å². The highest BCUT2D eigenvalue weighted by Gasteiger charge is 2.26. The summed E-state index contributed by atoms with van der Waals surface area (Å²) in [6, 6.07) is 7.98. The number of nitrogens with zero attached hydrogens (tertiary/aromatic N) is 3. The van der Waals surface area contributed by atoms with Gasteiger partial charge in [0.1, 0.15) is 24.6 Å². The number of hydrogen-bond donors (Lipinski definition) is 1. The molecule has 4 rings (SSSR count). The van der Waals surface area contributed by atoms with Crippen molar-refractivity contribution >= 4 is 45.6 Å². The summed E-state index contributed by atoms with van der Waals surface area (Å²) >= 11 is 5.87. The number of carbonyl (C=O) groups is 1. The molecule has 0 bridgehead atoms. The molecule has 1 aliphatic heterocycles. The van der Waals surface area contributed by atoms with Gasteiger partial charge in [0.05, 0.1) is 28.2 Å². The van der Waals surface area contributed by atoms with Crippen LogP contribution in [0.4, 0.5) is 21.6 Å². The number of benzene rings is 2. The molecule has 8 heteroatoms. The summed E-state index contributed by atoms with van der Waals surface area (Å²) in [5.74, 6) is 0.571. The molecule has 1 aliphatic rings. The maximum Gasteiger partial charge on any atom is 0.226 e. The predicted molar refractivity (Wildman–Crippen MR) is 102 cm³/mol. The quantitative estimate of drug-likeness (QED) is 0.726. The van der Waals surface area contributed by atoms with Crippen LogP contribution < -0.4 is 15.0 Å². The van der Waals surface area contributed by atoms with E-state index in [-0.39, 0.29) is 10.9 Å². The minimum Gasteiger partial charge on any atom is -0.489 e. The Morgan fingerprint density at radius 3 is 2.96 bits per heavy atom. The number of rotatable bonds is 3. The van der Waals surface area contributed by atoms with E-state index >= 15 is 0 Å². The molecular formula is C19H16ClFN4O2. The third-order valence-corrected chi connectivity index (χ3v) is 4.66. The minimum absolute atomic E-state index is 0.0105. The molecule has 0 radical (unpaired) electrons. The summed E-state index contributed by atoms with van der Waals surface area (Å²) in [5.41, 5.74) is 1.94. The Morgan fingerprint density at radius 1 is 1.33 bits per heavy atom. The third kappa shape index (κ3) is 3.14. The van der Waals surface area contributed by atoms with Gasteiger partial charge in [-0.15, -0.1) is 0 Å². The first-order chi connectivity index (χ1) is 13.1.